The molecule has 0 heterocycles. The summed E-state index contributed by atoms with van der Waals surface area (Å²) in [5.74, 6) is 0.0683. The normalized spacial score (nSPS) is 10.9. The molecule has 3 nitrogen and oxygen atoms in total. The molecule has 0 saturated carbocycles. The van der Waals surface area contributed by atoms with Crippen molar-refractivity contribution >= 4 is 6.29 Å². The summed E-state index contributed by atoms with van der Waals surface area (Å²) in [5, 5.41) is 20.4. The summed E-state index contributed by atoms with van der Waals surface area (Å²) in [4.78, 5) is 11.3. The van der Waals surface area contributed by atoms with E-state index >= 15 is 0 Å². The third kappa shape index (κ3) is 5.06. The van der Waals surface area contributed by atoms with Gasteiger partial charge in [-0.1, -0.05) is 37.1 Å². The summed E-state index contributed by atoms with van der Waals surface area (Å²) < 4.78 is 0. The lowest BCUT2D eigenvalue weighted by molar-refractivity contribution is 0.111. The van der Waals surface area contributed by atoms with E-state index in [-0.39, 0.29) is 17.1 Å². The van der Waals surface area contributed by atoms with Gasteiger partial charge in [-0.05, 0) is 45.6 Å². The smallest absolute Gasteiger partial charge is 0.154 e. The number of benzene rings is 1. The quantitative estimate of drug-likeness (QED) is 0.415. The number of phenols is 2. The van der Waals surface area contributed by atoms with Gasteiger partial charge in [-0.15, -0.1) is 0 Å². The van der Waals surface area contributed by atoms with Crippen molar-refractivity contribution < 1.29 is 15.0 Å². The van der Waals surface area contributed by atoms with Crippen LogP contribution in [0, 0.1) is 0 Å². The summed E-state index contributed by atoms with van der Waals surface area (Å²) in [7, 11) is 0. The van der Waals surface area contributed by atoms with E-state index in [1.54, 1.807) is 6.07 Å². The molecule has 0 aromatic heterocycles. The van der Waals surface area contributed by atoms with Crippen LogP contribution >= 0.6 is 0 Å². The fraction of sp³-hybridized carbons (Fsp3) is 0.421. The number of aldehydes is 1. The second-order valence-corrected chi connectivity index (χ2v) is 5.70. The van der Waals surface area contributed by atoms with Crippen molar-refractivity contribution in [3.63, 3.8) is 0 Å². The lowest BCUT2D eigenvalue weighted by Gasteiger charge is -2.12. The first-order valence-corrected chi connectivity index (χ1v) is 7.81. The Balaban J connectivity index is 3.01. The lowest BCUT2D eigenvalue weighted by atomic mass is 9.96. The number of carbonyl (C=O) groups is 1. The fourth-order valence-corrected chi connectivity index (χ4v) is 2.26. The van der Waals surface area contributed by atoms with E-state index in [0.29, 0.717) is 30.3 Å². The molecular weight excluding hydrogens is 276 g/mol. The summed E-state index contributed by atoms with van der Waals surface area (Å²) in [6, 6.07) is 1.56. The Morgan fingerprint density at radius 2 is 1.86 bits per heavy atom. The molecule has 2 N–H and O–H groups in total. The van der Waals surface area contributed by atoms with Crippen LogP contribution in [0.1, 0.15) is 61.5 Å². The monoisotopic (exact) mass is 302 g/mol. The number of aromatic hydroxyl groups is 2. The molecule has 1 aromatic rings. The molecule has 0 amide bonds. The van der Waals surface area contributed by atoms with Crippen molar-refractivity contribution in [1.29, 1.82) is 0 Å². The van der Waals surface area contributed by atoms with Crippen molar-refractivity contribution in [3.05, 3.63) is 46.6 Å². The molecule has 0 bridgehead atoms. The van der Waals surface area contributed by atoms with Crippen molar-refractivity contribution in [1.82, 2.24) is 0 Å². The highest BCUT2D eigenvalue weighted by atomic mass is 16.3. The van der Waals surface area contributed by atoms with E-state index in [1.165, 1.54) is 0 Å². The number of rotatable bonds is 8. The summed E-state index contributed by atoms with van der Waals surface area (Å²) >= 11 is 0. The van der Waals surface area contributed by atoms with Gasteiger partial charge in [0, 0.05) is 11.1 Å². The van der Waals surface area contributed by atoms with Gasteiger partial charge in [-0.25, -0.2) is 0 Å². The third-order valence-electron chi connectivity index (χ3n) is 3.54. The molecule has 0 atom stereocenters. The molecule has 0 aliphatic rings. The molecule has 3 heteroatoms. The molecule has 120 valence electrons. The SMILES string of the molecule is CCC/C=C/CCc1c(O)cc(CC=C(C)C)c(O)c1C=O. The molecule has 0 unspecified atom stereocenters. The topological polar surface area (TPSA) is 57.5 Å². The highest BCUT2D eigenvalue weighted by Crippen LogP contribution is 2.33. The van der Waals surface area contributed by atoms with Crippen LogP contribution in [0.5, 0.6) is 11.5 Å². The number of hydrogen-bond donors (Lipinski definition) is 2. The van der Waals surface area contributed by atoms with E-state index in [9.17, 15) is 15.0 Å². The Kier molecular flexibility index (Phi) is 7.44. The molecule has 0 aliphatic heterocycles. The van der Waals surface area contributed by atoms with Gasteiger partial charge in [0.1, 0.15) is 11.5 Å². The van der Waals surface area contributed by atoms with Crippen LogP contribution < -0.4 is 0 Å². The van der Waals surface area contributed by atoms with Crippen LogP contribution in [0.15, 0.2) is 29.9 Å². The van der Waals surface area contributed by atoms with Crippen molar-refractivity contribution in [2.24, 2.45) is 0 Å². The molecule has 0 spiro atoms. The average molecular weight is 302 g/mol. The molecule has 1 rings (SSSR count). The van der Waals surface area contributed by atoms with Gasteiger partial charge < -0.3 is 10.2 Å². The Morgan fingerprint density at radius 3 is 2.45 bits per heavy atom. The minimum Gasteiger partial charge on any atom is -0.508 e. The Bertz CT molecular complexity index is 565. The van der Waals surface area contributed by atoms with Gasteiger partial charge >= 0.3 is 0 Å². The maximum Gasteiger partial charge on any atom is 0.154 e. The average Bonchev–Trinajstić information content (AvgIpc) is 2.48. The molecule has 0 aliphatic carbocycles. The van der Waals surface area contributed by atoms with E-state index < -0.39 is 0 Å². The summed E-state index contributed by atoms with van der Waals surface area (Å²) in [6.45, 7) is 6.05. The van der Waals surface area contributed by atoms with Crippen molar-refractivity contribution in [2.45, 2.75) is 52.9 Å². The van der Waals surface area contributed by atoms with Gasteiger partial charge in [0.2, 0.25) is 0 Å². The first-order chi connectivity index (χ1) is 10.5. The number of phenolic OH excluding ortho intramolecular Hbond substituents is 2. The highest BCUT2D eigenvalue weighted by Gasteiger charge is 2.16. The minimum atomic E-state index is -0.0159. The van der Waals surface area contributed by atoms with Gasteiger partial charge in [-0.2, -0.15) is 0 Å². The zero-order valence-corrected chi connectivity index (χ0v) is 13.7. The molecule has 0 radical (unpaired) electrons. The van der Waals surface area contributed by atoms with Gasteiger partial charge in [-0.3, -0.25) is 4.79 Å². The van der Waals surface area contributed by atoms with E-state index in [2.05, 4.69) is 13.0 Å². The molecule has 1 aromatic carbocycles. The molecular formula is C19H26O3. The standard InChI is InChI=1S/C19H26O3/c1-4-5-6-7-8-9-16-17(13-20)19(22)15(12-18(16)21)11-10-14(2)3/h6-7,10,12-13,21-22H,4-5,8-9,11H2,1-3H3/b7-6+. The highest BCUT2D eigenvalue weighted by molar-refractivity contribution is 5.84. The number of allylic oxidation sites excluding steroid dienone is 4. The van der Waals surface area contributed by atoms with Crippen LogP contribution in [0.2, 0.25) is 0 Å². The van der Waals surface area contributed by atoms with E-state index in [0.717, 1.165) is 24.8 Å². The van der Waals surface area contributed by atoms with Gasteiger partial charge in [0.05, 0.1) is 5.56 Å². The molecule has 0 saturated heterocycles. The zero-order chi connectivity index (χ0) is 16.5. The molecule has 0 fully saturated rings. The maximum absolute atomic E-state index is 11.3. The van der Waals surface area contributed by atoms with Crippen LogP contribution in [-0.4, -0.2) is 16.5 Å². The zero-order valence-electron chi connectivity index (χ0n) is 13.7. The van der Waals surface area contributed by atoms with Crippen LogP contribution in [0.3, 0.4) is 0 Å². The molecule has 22 heavy (non-hydrogen) atoms. The second-order valence-electron chi connectivity index (χ2n) is 5.70. The lowest BCUT2D eigenvalue weighted by Crippen LogP contribution is -1.98. The van der Waals surface area contributed by atoms with Gasteiger partial charge in [0.25, 0.3) is 0 Å². The van der Waals surface area contributed by atoms with E-state index in [1.807, 2.05) is 26.0 Å². The Labute approximate surface area is 133 Å². The predicted octanol–water partition coefficient (Wildman–Crippen LogP) is 4.71. The second kappa shape index (κ2) is 9.08. The van der Waals surface area contributed by atoms with Crippen molar-refractivity contribution in [2.75, 3.05) is 0 Å². The first-order valence-electron chi connectivity index (χ1n) is 7.81. The Hall–Kier alpha value is -2.03. The number of carbonyl (C=O) groups excluding carboxylic acids is 1. The van der Waals surface area contributed by atoms with E-state index in [4.69, 9.17) is 0 Å². The van der Waals surface area contributed by atoms with Crippen LogP contribution in [0.25, 0.3) is 0 Å². The maximum atomic E-state index is 11.3. The fourth-order valence-electron chi connectivity index (χ4n) is 2.26. The van der Waals surface area contributed by atoms with Crippen LogP contribution in [0.4, 0.5) is 0 Å². The summed E-state index contributed by atoms with van der Waals surface area (Å²) in [5.41, 5.74) is 2.43. The third-order valence-corrected chi connectivity index (χ3v) is 3.54. The largest absolute Gasteiger partial charge is 0.508 e. The van der Waals surface area contributed by atoms with Gasteiger partial charge in [0.15, 0.2) is 6.29 Å². The minimum absolute atomic E-state index is 0.0159. The van der Waals surface area contributed by atoms with Crippen LogP contribution in [-0.2, 0) is 12.8 Å². The van der Waals surface area contributed by atoms with Crippen molar-refractivity contribution in [3.8, 4) is 11.5 Å². The summed E-state index contributed by atoms with van der Waals surface area (Å²) in [6.07, 6.45) is 10.6. The number of hydrogen-bond acceptors (Lipinski definition) is 3. The first kappa shape index (κ1) is 18.0. The predicted molar refractivity (Wildman–Crippen MR) is 90.7 cm³/mol. The number of unbranched alkanes of at least 4 members (excludes halogenated alkanes) is 1. The Morgan fingerprint density at radius 1 is 1.18 bits per heavy atom.